The average Bonchev–Trinajstić information content (AvgIpc) is 2.79. The molecule has 5 nitrogen and oxygen atoms in total. The molecule has 2 amide bonds. The first-order valence-electron chi connectivity index (χ1n) is 10.7. The standard InChI is InChI=1S/C27H23Cl2N3O2/c1-16-23(26(33)31-21-9-5-3-6-10-21)25(18-13-19(28)15-20(29)14-18)24(17(2)30-16)27(34)32-22-11-7-4-8-12-22/h3-15,25,30H,1-2H3,(H,31,33)(H,32,34). The third kappa shape index (κ3) is 5.16. The maximum atomic E-state index is 13.5. The van der Waals surface area contributed by atoms with Crippen LogP contribution in [0.15, 0.2) is 101 Å². The molecule has 1 heterocycles. The second-order valence-electron chi connectivity index (χ2n) is 7.98. The summed E-state index contributed by atoms with van der Waals surface area (Å²) >= 11 is 12.6. The smallest absolute Gasteiger partial charge is 0.254 e. The Labute approximate surface area is 208 Å². The third-order valence-corrected chi connectivity index (χ3v) is 5.97. The number of amides is 2. The van der Waals surface area contributed by atoms with Gasteiger partial charge in [0.25, 0.3) is 11.8 Å². The molecule has 0 atom stereocenters. The fourth-order valence-corrected chi connectivity index (χ4v) is 4.65. The van der Waals surface area contributed by atoms with Gasteiger partial charge in [0.05, 0.1) is 0 Å². The van der Waals surface area contributed by atoms with E-state index in [1.165, 1.54) is 0 Å². The van der Waals surface area contributed by atoms with Gasteiger partial charge in [-0.05, 0) is 61.9 Å². The van der Waals surface area contributed by atoms with E-state index in [9.17, 15) is 9.59 Å². The lowest BCUT2D eigenvalue weighted by Gasteiger charge is -2.31. The summed E-state index contributed by atoms with van der Waals surface area (Å²) in [4.78, 5) is 27.1. The second-order valence-corrected chi connectivity index (χ2v) is 8.85. The largest absolute Gasteiger partial charge is 0.362 e. The molecular formula is C27H23Cl2N3O2. The van der Waals surface area contributed by atoms with E-state index in [0.717, 1.165) is 0 Å². The quantitative estimate of drug-likeness (QED) is 0.381. The maximum absolute atomic E-state index is 13.5. The van der Waals surface area contributed by atoms with Gasteiger partial charge >= 0.3 is 0 Å². The lowest BCUT2D eigenvalue weighted by molar-refractivity contribution is -0.113. The van der Waals surface area contributed by atoms with Gasteiger partial charge in [-0.2, -0.15) is 0 Å². The number of anilines is 2. The van der Waals surface area contributed by atoms with Crippen molar-refractivity contribution in [1.82, 2.24) is 5.32 Å². The topological polar surface area (TPSA) is 70.2 Å². The number of halogens is 2. The van der Waals surface area contributed by atoms with Gasteiger partial charge < -0.3 is 16.0 Å². The minimum atomic E-state index is -0.690. The van der Waals surface area contributed by atoms with Gasteiger partial charge in [0.15, 0.2) is 0 Å². The van der Waals surface area contributed by atoms with Crippen LogP contribution in [0, 0.1) is 0 Å². The Morgan fingerprint density at radius 1 is 0.706 bits per heavy atom. The van der Waals surface area contributed by atoms with Gasteiger partial charge in [-0.1, -0.05) is 59.6 Å². The van der Waals surface area contributed by atoms with E-state index in [1.54, 1.807) is 42.5 Å². The van der Waals surface area contributed by atoms with Crippen LogP contribution in [0.2, 0.25) is 10.0 Å². The number of hydrogen-bond acceptors (Lipinski definition) is 3. The van der Waals surface area contributed by atoms with Crippen molar-refractivity contribution < 1.29 is 9.59 Å². The minimum Gasteiger partial charge on any atom is -0.362 e. The van der Waals surface area contributed by atoms with E-state index in [1.807, 2.05) is 50.2 Å². The molecule has 0 fully saturated rings. The molecule has 0 radical (unpaired) electrons. The Morgan fingerprint density at radius 3 is 1.53 bits per heavy atom. The van der Waals surface area contributed by atoms with Crippen LogP contribution in [-0.4, -0.2) is 11.8 Å². The summed E-state index contributed by atoms with van der Waals surface area (Å²) in [5.74, 6) is -1.34. The third-order valence-electron chi connectivity index (χ3n) is 5.53. The van der Waals surface area contributed by atoms with Crippen LogP contribution >= 0.6 is 23.2 Å². The van der Waals surface area contributed by atoms with Crippen LogP contribution in [0.3, 0.4) is 0 Å². The first-order chi connectivity index (χ1) is 16.3. The molecule has 3 aromatic carbocycles. The van der Waals surface area contributed by atoms with Crippen molar-refractivity contribution in [3.8, 4) is 0 Å². The highest BCUT2D eigenvalue weighted by Gasteiger charge is 2.36. The molecule has 0 saturated heterocycles. The molecule has 3 aromatic rings. The maximum Gasteiger partial charge on any atom is 0.254 e. The molecule has 3 N–H and O–H groups in total. The van der Waals surface area contributed by atoms with Gasteiger partial charge in [-0.25, -0.2) is 0 Å². The molecule has 4 rings (SSSR count). The summed E-state index contributed by atoms with van der Waals surface area (Å²) < 4.78 is 0. The fourth-order valence-electron chi connectivity index (χ4n) is 4.11. The van der Waals surface area contributed by atoms with E-state index in [4.69, 9.17) is 23.2 Å². The van der Waals surface area contributed by atoms with E-state index < -0.39 is 5.92 Å². The minimum absolute atomic E-state index is 0.324. The van der Waals surface area contributed by atoms with Gasteiger partial charge in [-0.15, -0.1) is 0 Å². The van der Waals surface area contributed by atoms with Crippen molar-refractivity contribution in [3.05, 3.63) is 117 Å². The molecule has 1 aliphatic rings. The monoisotopic (exact) mass is 491 g/mol. The van der Waals surface area contributed by atoms with Crippen molar-refractivity contribution in [2.24, 2.45) is 0 Å². The highest BCUT2D eigenvalue weighted by Crippen LogP contribution is 2.40. The van der Waals surface area contributed by atoms with E-state index >= 15 is 0 Å². The summed E-state index contributed by atoms with van der Waals surface area (Å²) in [7, 11) is 0. The number of para-hydroxylation sites is 2. The van der Waals surface area contributed by atoms with Crippen LogP contribution in [0.1, 0.15) is 25.3 Å². The Balaban J connectivity index is 1.80. The lowest BCUT2D eigenvalue weighted by atomic mass is 9.79. The van der Waals surface area contributed by atoms with E-state index in [0.29, 0.717) is 49.5 Å². The fraction of sp³-hybridized carbons (Fsp3) is 0.111. The number of carbonyl (C=O) groups is 2. The number of rotatable bonds is 5. The number of allylic oxidation sites excluding steroid dienone is 2. The Morgan fingerprint density at radius 2 is 1.12 bits per heavy atom. The molecule has 0 saturated carbocycles. The van der Waals surface area contributed by atoms with Gasteiger partial charge in [0.1, 0.15) is 0 Å². The predicted molar refractivity (Wildman–Crippen MR) is 138 cm³/mol. The number of dihydropyridines is 1. The first-order valence-corrected chi connectivity index (χ1v) is 11.5. The van der Waals surface area contributed by atoms with Crippen molar-refractivity contribution in [1.29, 1.82) is 0 Å². The Kier molecular flexibility index (Phi) is 7.06. The molecule has 172 valence electrons. The summed E-state index contributed by atoms with van der Waals surface area (Å²) in [6.45, 7) is 3.63. The van der Waals surface area contributed by atoms with Crippen molar-refractivity contribution in [2.75, 3.05) is 10.6 Å². The normalized spacial score (nSPS) is 14.0. The van der Waals surface area contributed by atoms with E-state index in [2.05, 4.69) is 16.0 Å². The summed E-state index contributed by atoms with van der Waals surface area (Å²) in [6.07, 6.45) is 0. The number of benzene rings is 3. The van der Waals surface area contributed by atoms with Crippen LogP contribution in [0.5, 0.6) is 0 Å². The molecule has 0 aromatic heterocycles. The predicted octanol–water partition coefficient (Wildman–Crippen LogP) is 6.51. The summed E-state index contributed by atoms with van der Waals surface area (Å²) in [6, 6.07) is 23.4. The van der Waals surface area contributed by atoms with Crippen LogP contribution < -0.4 is 16.0 Å². The van der Waals surface area contributed by atoms with Gasteiger partial charge in [0.2, 0.25) is 0 Å². The Hall–Kier alpha value is -3.54. The van der Waals surface area contributed by atoms with E-state index in [-0.39, 0.29) is 11.8 Å². The molecule has 1 aliphatic heterocycles. The zero-order valence-electron chi connectivity index (χ0n) is 18.7. The molecule has 34 heavy (non-hydrogen) atoms. The van der Waals surface area contributed by atoms with Gasteiger partial charge in [-0.3, -0.25) is 9.59 Å². The summed E-state index contributed by atoms with van der Waals surface area (Å²) in [5.41, 5.74) is 4.05. The summed E-state index contributed by atoms with van der Waals surface area (Å²) in [5, 5.41) is 9.93. The average molecular weight is 492 g/mol. The zero-order valence-corrected chi connectivity index (χ0v) is 20.2. The van der Waals surface area contributed by atoms with Gasteiger partial charge in [0, 0.05) is 49.9 Å². The molecular weight excluding hydrogens is 469 g/mol. The van der Waals surface area contributed by atoms with Crippen LogP contribution in [-0.2, 0) is 9.59 Å². The first kappa shape index (κ1) is 23.6. The SMILES string of the molecule is CC1=C(C(=O)Nc2ccccc2)C(c2cc(Cl)cc(Cl)c2)C(C(=O)Nc2ccccc2)=C(C)N1. The molecule has 7 heteroatoms. The van der Waals surface area contributed by atoms with Crippen LogP contribution in [0.25, 0.3) is 0 Å². The van der Waals surface area contributed by atoms with Crippen molar-refractivity contribution >= 4 is 46.4 Å². The lowest BCUT2D eigenvalue weighted by Crippen LogP contribution is -2.35. The highest BCUT2D eigenvalue weighted by molar-refractivity contribution is 6.34. The molecule has 0 unspecified atom stereocenters. The van der Waals surface area contributed by atoms with Crippen molar-refractivity contribution in [3.63, 3.8) is 0 Å². The number of carbonyl (C=O) groups excluding carboxylic acids is 2. The molecule has 0 spiro atoms. The second kappa shape index (κ2) is 10.2. The highest BCUT2D eigenvalue weighted by atomic mass is 35.5. The van der Waals surface area contributed by atoms with Crippen LogP contribution in [0.4, 0.5) is 11.4 Å². The van der Waals surface area contributed by atoms with Crippen molar-refractivity contribution in [2.45, 2.75) is 19.8 Å². The Bertz CT molecular complexity index is 1210. The number of nitrogens with one attached hydrogen (secondary N) is 3. The zero-order chi connectivity index (χ0) is 24.2. The molecule has 0 aliphatic carbocycles. The number of hydrogen-bond donors (Lipinski definition) is 3. The molecule has 0 bridgehead atoms.